The third kappa shape index (κ3) is 3.86. The van der Waals surface area contributed by atoms with Gasteiger partial charge in [0.25, 0.3) is 0 Å². The smallest absolute Gasteiger partial charge is 0.143 e. The predicted molar refractivity (Wildman–Crippen MR) is 122 cm³/mol. The van der Waals surface area contributed by atoms with Crippen LogP contribution in [0.1, 0.15) is 42.3 Å². The molecule has 4 rings (SSSR count). The van der Waals surface area contributed by atoms with Crippen molar-refractivity contribution in [2.75, 3.05) is 18.0 Å². The molecule has 4 aromatic rings. The topological polar surface area (TPSA) is 29.0 Å². The molecule has 0 aliphatic heterocycles. The number of aromatic nitrogens is 2. The fourth-order valence-electron chi connectivity index (χ4n) is 3.92. The monoisotopic (exact) mass is 381 g/mol. The number of benzene rings is 3. The van der Waals surface area contributed by atoms with Crippen LogP contribution in [0.25, 0.3) is 10.9 Å². The number of hydrogen-bond donors (Lipinski definition) is 0. The van der Waals surface area contributed by atoms with Gasteiger partial charge in [0.15, 0.2) is 0 Å². The summed E-state index contributed by atoms with van der Waals surface area (Å²) >= 11 is 0. The average Bonchev–Trinajstić information content (AvgIpc) is 2.76. The summed E-state index contributed by atoms with van der Waals surface area (Å²) in [5, 5.41) is 1.12. The van der Waals surface area contributed by atoms with E-state index in [9.17, 15) is 0 Å². The Hall–Kier alpha value is -3.20. The maximum atomic E-state index is 5.15. The SMILES string of the molecule is CCN(CC)c1nc(C(c2ccccc2)c2ccccc2)nc2ccc(C)cc12. The van der Waals surface area contributed by atoms with Crippen LogP contribution < -0.4 is 4.90 Å². The molecule has 0 spiro atoms. The highest BCUT2D eigenvalue weighted by Crippen LogP contribution is 2.33. The number of fused-ring (bicyclic) bond motifs is 1. The standard InChI is InChI=1S/C26H27N3/c1-4-29(5-2)26-22-18-19(3)16-17-23(22)27-25(28-26)24(20-12-8-6-9-13-20)21-14-10-7-11-15-21/h6-18,24H,4-5H2,1-3H3. The second kappa shape index (κ2) is 8.44. The molecule has 3 aromatic carbocycles. The van der Waals surface area contributed by atoms with Crippen LogP contribution in [0.5, 0.6) is 0 Å². The third-order valence-corrected chi connectivity index (χ3v) is 5.44. The minimum atomic E-state index is -0.00239. The van der Waals surface area contributed by atoms with E-state index in [-0.39, 0.29) is 5.92 Å². The third-order valence-electron chi connectivity index (χ3n) is 5.44. The van der Waals surface area contributed by atoms with Crippen molar-refractivity contribution >= 4 is 16.7 Å². The van der Waals surface area contributed by atoms with Crippen molar-refractivity contribution in [3.8, 4) is 0 Å². The summed E-state index contributed by atoms with van der Waals surface area (Å²) in [6, 6.07) is 27.6. The van der Waals surface area contributed by atoms with Crippen LogP contribution in [0.2, 0.25) is 0 Å². The lowest BCUT2D eigenvalue weighted by Crippen LogP contribution is -2.24. The van der Waals surface area contributed by atoms with Gasteiger partial charge in [0, 0.05) is 18.5 Å². The van der Waals surface area contributed by atoms with Gasteiger partial charge < -0.3 is 4.90 Å². The van der Waals surface area contributed by atoms with Crippen LogP contribution >= 0.6 is 0 Å². The van der Waals surface area contributed by atoms with Crippen LogP contribution in [-0.4, -0.2) is 23.1 Å². The largest absolute Gasteiger partial charge is 0.357 e. The van der Waals surface area contributed by atoms with Crippen LogP contribution in [0.3, 0.4) is 0 Å². The second-order valence-electron chi connectivity index (χ2n) is 7.35. The van der Waals surface area contributed by atoms with Gasteiger partial charge in [-0.25, -0.2) is 9.97 Å². The van der Waals surface area contributed by atoms with Crippen molar-refractivity contribution < 1.29 is 0 Å². The van der Waals surface area contributed by atoms with E-state index >= 15 is 0 Å². The first kappa shape index (κ1) is 19.1. The Morgan fingerprint density at radius 2 is 1.34 bits per heavy atom. The second-order valence-corrected chi connectivity index (χ2v) is 7.35. The van der Waals surface area contributed by atoms with Crippen molar-refractivity contribution in [1.82, 2.24) is 9.97 Å². The van der Waals surface area contributed by atoms with E-state index in [1.165, 1.54) is 16.7 Å². The maximum absolute atomic E-state index is 5.15. The van der Waals surface area contributed by atoms with E-state index in [4.69, 9.17) is 9.97 Å². The molecule has 3 nitrogen and oxygen atoms in total. The summed E-state index contributed by atoms with van der Waals surface area (Å²) in [4.78, 5) is 12.5. The lowest BCUT2D eigenvalue weighted by atomic mass is 9.90. The fourth-order valence-corrected chi connectivity index (χ4v) is 3.92. The molecule has 0 aliphatic carbocycles. The zero-order chi connectivity index (χ0) is 20.2. The van der Waals surface area contributed by atoms with Gasteiger partial charge in [0.2, 0.25) is 0 Å². The summed E-state index contributed by atoms with van der Waals surface area (Å²) in [5.41, 5.74) is 4.63. The molecule has 0 bridgehead atoms. The Labute approximate surface area is 173 Å². The Kier molecular flexibility index (Phi) is 5.57. The van der Waals surface area contributed by atoms with Gasteiger partial charge in [0.1, 0.15) is 11.6 Å². The molecule has 1 heterocycles. The van der Waals surface area contributed by atoms with Gasteiger partial charge in [-0.3, -0.25) is 0 Å². The Morgan fingerprint density at radius 3 is 1.90 bits per heavy atom. The highest BCUT2D eigenvalue weighted by Gasteiger charge is 2.22. The Morgan fingerprint density at radius 1 is 0.759 bits per heavy atom. The summed E-state index contributed by atoms with van der Waals surface area (Å²) in [6.07, 6.45) is 0. The quantitative estimate of drug-likeness (QED) is 0.412. The molecule has 0 fully saturated rings. The summed E-state index contributed by atoms with van der Waals surface area (Å²) in [5.74, 6) is 1.87. The Bertz CT molecular complexity index is 1050. The van der Waals surface area contributed by atoms with Gasteiger partial charge in [-0.15, -0.1) is 0 Å². The first-order chi connectivity index (χ1) is 14.2. The first-order valence-electron chi connectivity index (χ1n) is 10.3. The van der Waals surface area contributed by atoms with Crippen molar-refractivity contribution in [1.29, 1.82) is 0 Å². The molecule has 0 aliphatic rings. The van der Waals surface area contributed by atoms with Crippen molar-refractivity contribution in [3.63, 3.8) is 0 Å². The Balaban J connectivity index is 1.98. The highest BCUT2D eigenvalue weighted by molar-refractivity contribution is 5.90. The maximum Gasteiger partial charge on any atom is 0.143 e. The zero-order valence-corrected chi connectivity index (χ0v) is 17.3. The normalized spacial score (nSPS) is 11.2. The molecule has 0 N–H and O–H groups in total. The lowest BCUT2D eigenvalue weighted by molar-refractivity contribution is 0.813. The highest BCUT2D eigenvalue weighted by atomic mass is 15.2. The molecular weight excluding hydrogens is 354 g/mol. The fraction of sp³-hybridized carbons (Fsp3) is 0.231. The number of anilines is 1. The van der Waals surface area contributed by atoms with Gasteiger partial charge in [-0.2, -0.15) is 0 Å². The molecule has 29 heavy (non-hydrogen) atoms. The molecular formula is C26H27N3. The van der Waals surface area contributed by atoms with Crippen molar-refractivity contribution in [2.45, 2.75) is 26.7 Å². The van der Waals surface area contributed by atoms with E-state index in [0.29, 0.717) is 0 Å². The average molecular weight is 382 g/mol. The molecule has 1 aromatic heterocycles. The minimum Gasteiger partial charge on any atom is -0.357 e. The molecule has 146 valence electrons. The number of aryl methyl sites for hydroxylation is 1. The lowest BCUT2D eigenvalue weighted by Gasteiger charge is -2.24. The molecule has 0 radical (unpaired) electrons. The van der Waals surface area contributed by atoms with E-state index in [1.54, 1.807) is 0 Å². The summed E-state index contributed by atoms with van der Waals surface area (Å²) in [6.45, 7) is 8.31. The molecule has 0 amide bonds. The van der Waals surface area contributed by atoms with E-state index in [2.05, 4.69) is 105 Å². The van der Waals surface area contributed by atoms with E-state index in [0.717, 1.165) is 35.6 Å². The van der Waals surface area contributed by atoms with Crippen LogP contribution in [0.4, 0.5) is 5.82 Å². The van der Waals surface area contributed by atoms with Crippen molar-refractivity contribution in [2.24, 2.45) is 0 Å². The first-order valence-corrected chi connectivity index (χ1v) is 10.3. The molecule has 0 unspecified atom stereocenters. The van der Waals surface area contributed by atoms with E-state index in [1.807, 2.05) is 0 Å². The number of hydrogen-bond acceptors (Lipinski definition) is 3. The van der Waals surface area contributed by atoms with Gasteiger partial charge in [0.05, 0.1) is 11.4 Å². The van der Waals surface area contributed by atoms with E-state index < -0.39 is 0 Å². The number of nitrogens with zero attached hydrogens (tertiary/aromatic N) is 3. The van der Waals surface area contributed by atoms with Crippen LogP contribution in [0, 0.1) is 6.92 Å². The molecule has 3 heteroatoms. The van der Waals surface area contributed by atoms with Gasteiger partial charge >= 0.3 is 0 Å². The van der Waals surface area contributed by atoms with Gasteiger partial charge in [-0.1, -0.05) is 72.3 Å². The molecule has 0 saturated carbocycles. The molecule has 0 atom stereocenters. The zero-order valence-electron chi connectivity index (χ0n) is 17.3. The van der Waals surface area contributed by atoms with Crippen molar-refractivity contribution in [3.05, 3.63) is 101 Å². The number of rotatable bonds is 6. The van der Waals surface area contributed by atoms with Crippen LogP contribution in [-0.2, 0) is 0 Å². The van der Waals surface area contributed by atoms with Gasteiger partial charge in [-0.05, 0) is 44.0 Å². The summed E-state index contributed by atoms with van der Waals surface area (Å²) in [7, 11) is 0. The van der Waals surface area contributed by atoms with Crippen LogP contribution in [0.15, 0.2) is 78.9 Å². The minimum absolute atomic E-state index is 0.00239. The predicted octanol–water partition coefficient (Wildman–Crippen LogP) is 5.96. The summed E-state index contributed by atoms with van der Waals surface area (Å²) < 4.78 is 0. The molecule has 0 saturated heterocycles.